The fourth-order valence-corrected chi connectivity index (χ4v) is 3.09. The van der Waals surface area contributed by atoms with Crippen molar-refractivity contribution in [2.45, 2.75) is 18.9 Å². The van der Waals surface area contributed by atoms with Gasteiger partial charge in [-0.1, -0.05) is 0 Å². The van der Waals surface area contributed by atoms with E-state index in [0.29, 0.717) is 16.9 Å². The molecule has 0 aromatic carbocycles. The van der Waals surface area contributed by atoms with Gasteiger partial charge in [-0.15, -0.1) is 0 Å². The van der Waals surface area contributed by atoms with E-state index in [0.717, 1.165) is 31.4 Å². The lowest BCUT2D eigenvalue weighted by Crippen LogP contribution is -2.24. The molecule has 0 amide bonds. The highest BCUT2D eigenvalue weighted by Crippen LogP contribution is 2.38. The van der Waals surface area contributed by atoms with Crippen molar-refractivity contribution < 1.29 is 9.50 Å². The molecule has 1 fully saturated rings. The Labute approximate surface area is 131 Å². The van der Waals surface area contributed by atoms with Gasteiger partial charge in [0.1, 0.15) is 11.6 Å². The second-order valence-corrected chi connectivity index (χ2v) is 5.57. The average Bonchev–Trinajstić information content (AvgIpc) is 3.17. The monoisotopic (exact) mass is 314 g/mol. The molecule has 1 aliphatic heterocycles. The van der Waals surface area contributed by atoms with Gasteiger partial charge in [-0.25, -0.2) is 18.9 Å². The number of aromatic hydroxyl groups is 1. The molecule has 1 atom stereocenters. The van der Waals surface area contributed by atoms with Crippen molar-refractivity contribution in [1.29, 1.82) is 0 Å². The number of rotatable bonds is 2. The molecule has 0 saturated carbocycles. The van der Waals surface area contributed by atoms with Crippen LogP contribution in [0.15, 0.2) is 30.7 Å². The van der Waals surface area contributed by atoms with Gasteiger partial charge in [0, 0.05) is 18.3 Å². The lowest BCUT2D eigenvalue weighted by Gasteiger charge is -2.26. The maximum absolute atomic E-state index is 13.5. The second-order valence-electron chi connectivity index (χ2n) is 5.57. The van der Waals surface area contributed by atoms with E-state index >= 15 is 0 Å². The zero-order valence-corrected chi connectivity index (χ0v) is 12.2. The Morgan fingerprint density at radius 1 is 1.35 bits per heavy atom. The number of pyridine rings is 1. The number of fused-ring (bicyclic) bond motifs is 1. The number of hydrogen-bond donors (Lipinski definition) is 2. The Balaban J connectivity index is 1.76. The van der Waals surface area contributed by atoms with Crippen LogP contribution in [0.5, 0.6) is 5.88 Å². The summed E-state index contributed by atoms with van der Waals surface area (Å²) in [4.78, 5) is 10.3. The van der Waals surface area contributed by atoms with Crippen molar-refractivity contribution in [2.75, 3.05) is 17.2 Å². The van der Waals surface area contributed by atoms with Gasteiger partial charge in [-0.2, -0.15) is 5.10 Å². The third kappa shape index (κ3) is 2.23. The van der Waals surface area contributed by atoms with Crippen molar-refractivity contribution in [1.82, 2.24) is 19.6 Å². The van der Waals surface area contributed by atoms with E-state index in [1.54, 1.807) is 16.9 Å². The van der Waals surface area contributed by atoms with Crippen LogP contribution < -0.4 is 10.6 Å². The first-order chi connectivity index (χ1) is 11.1. The molecule has 7 nitrogen and oxygen atoms in total. The van der Waals surface area contributed by atoms with Crippen LogP contribution in [0, 0.1) is 5.82 Å². The van der Waals surface area contributed by atoms with Gasteiger partial charge in [-0.3, -0.25) is 0 Å². The summed E-state index contributed by atoms with van der Waals surface area (Å²) in [6.45, 7) is 0.762. The summed E-state index contributed by atoms with van der Waals surface area (Å²) in [6, 6.07) is 3.00. The van der Waals surface area contributed by atoms with Crippen molar-refractivity contribution in [3.8, 4) is 5.88 Å². The quantitative estimate of drug-likeness (QED) is 0.750. The van der Waals surface area contributed by atoms with E-state index in [-0.39, 0.29) is 11.9 Å². The van der Waals surface area contributed by atoms with Gasteiger partial charge in [0.25, 0.3) is 0 Å². The second kappa shape index (κ2) is 5.08. The molecule has 0 aliphatic carbocycles. The first-order valence-electron chi connectivity index (χ1n) is 7.34. The number of halogens is 1. The van der Waals surface area contributed by atoms with Gasteiger partial charge in [0.15, 0.2) is 5.65 Å². The highest BCUT2D eigenvalue weighted by molar-refractivity contribution is 5.65. The minimum absolute atomic E-state index is 0.145. The van der Waals surface area contributed by atoms with Gasteiger partial charge in [0.05, 0.1) is 24.1 Å². The molecular formula is C15H15FN6O. The summed E-state index contributed by atoms with van der Waals surface area (Å²) >= 11 is 0. The van der Waals surface area contributed by atoms with Gasteiger partial charge >= 0.3 is 0 Å². The summed E-state index contributed by atoms with van der Waals surface area (Å²) in [5, 5.41) is 14.1. The SMILES string of the molecule is Nc1cnn2ccc(N3CCCC3c3cc(F)cnc3O)nc12. The minimum atomic E-state index is -0.465. The van der Waals surface area contributed by atoms with E-state index in [4.69, 9.17) is 5.73 Å². The van der Waals surface area contributed by atoms with Gasteiger partial charge in [0.2, 0.25) is 5.88 Å². The predicted octanol–water partition coefficient (Wildman–Crippen LogP) is 1.89. The largest absolute Gasteiger partial charge is 0.493 e. The smallest absolute Gasteiger partial charge is 0.216 e. The molecule has 3 N–H and O–H groups in total. The molecule has 0 radical (unpaired) electrons. The molecule has 4 heterocycles. The molecule has 3 aromatic rings. The van der Waals surface area contributed by atoms with Crippen LogP contribution >= 0.6 is 0 Å². The molecule has 3 aromatic heterocycles. The van der Waals surface area contributed by atoms with Crippen molar-refractivity contribution in [3.63, 3.8) is 0 Å². The molecule has 0 spiro atoms. The van der Waals surface area contributed by atoms with Crippen LogP contribution in [-0.2, 0) is 0 Å². The minimum Gasteiger partial charge on any atom is -0.493 e. The maximum atomic E-state index is 13.5. The molecule has 23 heavy (non-hydrogen) atoms. The Hall–Kier alpha value is -2.90. The number of aromatic nitrogens is 4. The van der Waals surface area contributed by atoms with Crippen LogP contribution in [0.4, 0.5) is 15.9 Å². The molecule has 0 bridgehead atoms. The highest BCUT2D eigenvalue weighted by Gasteiger charge is 2.30. The molecule has 4 rings (SSSR count). The van der Waals surface area contributed by atoms with Crippen LogP contribution in [0.2, 0.25) is 0 Å². The first kappa shape index (κ1) is 13.7. The van der Waals surface area contributed by atoms with E-state index < -0.39 is 5.82 Å². The van der Waals surface area contributed by atoms with Crippen molar-refractivity contribution in [2.24, 2.45) is 0 Å². The van der Waals surface area contributed by atoms with E-state index in [1.807, 2.05) is 11.0 Å². The Kier molecular flexibility index (Phi) is 3.03. The number of nitrogens with zero attached hydrogens (tertiary/aromatic N) is 5. The van der Waals surface area contributed by atoms with Crippen LogP contribution in [0.3, 0.4) is 0 Å². The molecule has 118 valence electrons. The Morgan fingerprint density at radius 2 is 2.22 bits per heavy atom. The number of nitrogens with two attached hydrogens (primary N) is 1. The summed E-state index contributed by atoms with van der Waals surface area (Å²) < 4.78 is 15.1. The van der Waals surface area contributed by atoms with Crippen LogP contribution in [0.1, 0.15) is 24.4 Å². The predicted molar refractivity (Wildman–Crippen MR) is 82.6 cm³/mol. The Bertz CT molecular complexity index is 880. The summed E-state index contributed by atoms with van der Waals surface area (Å²) in [6.07, 6.45) is 6.06. The zero-order chi connectivity index (χ0) is 16.0. The fourth-order valence-electron chi connectivity index (χ4n) is 3.09. The summed E-state index contributed by atoms with van der Waals surface area (Å²) in [5.74, 6) is 0.109. The normalized spacial score (nSPS) is 18.0. The standard InChI is InChI=1S/C15H15FN6O/c16-9-6-10(15(23)18-7-9)12-2-1-4-21(12)13-3-5-22-14(20-13)11(17)8-19-22/h3,5-8,12H,1-2,4,17H2,(H,18,23). The van der Waals surface area contributed by atoms with E-state index in [1.165, 1.54) is 6.07 Å². The first-order valence-corrected chi connectivity index (χ1v) is 7.34. The topological polar surface area (TPSA) is 92.6 Å². The van der Waals surface area contributed by atoms with Crippen molar-refractivity contribution in [3.05, 3.63) is 42.1 Å². The fraction of sp³-hybridized carbons (Fsp3) is 0.267. The molecule has 1 saturated heterocycles. The maximum Gasteiger partial charge on any atom is 0.216 e. The number of hydrogen-bond acceptors (Lipinski definition) is 6. The molecule has 1 unspecified atom stereocenters. The van der Waals surface area contributed by atoms with E-state index in [9.17, 15) is 9.50 Å². The average molecular weight is 314 g/mol. The Morgan fingerprint density at radius 3 is 3.09 bits per heavy atom. The van der Waals surface area contributed by atoms with Gasteiger partial charge in [-0.05, 0) is 25.0 Å². The lowest BCUT2D eigenvalue weighted by atomic mass is 10.1. The lowest BCUT2D eigenvalue weighted by molar-refractivity contribution is 0.434. The summed E-state index contributed by atoms with van der Waals surface area (Å²) in [7, 11) is 0. The van der Waals surface area contributed by atoms with Crippen LogP contribution in [-0.4, -0.2) is 31.2 Å². The van der Waals surface area contributed by atoms with Crippen LogP contribution in [0.25, 0.3) is 5.65 Å². The highest BCUT2D eigenvalue weighted by atomic mass is 19.1. The molecule has 1 aliphatic rings. The van der Waals surface area contributed by atoms with E-state index in [2.05, 4.69) is 15.1 Å². The van der Waals surface area contributed by atoms with Gasteiger partial charge < -0.3 is 15.7 Å². The van der Waals surface area contributed by atoms with Crippen molar-refractivity contribution >= 4 is 17.2 Å². The third-order valence-electron chi connectivity index (χ3n) is 4.15. The number of anilines is 2. The molecule has 8 heteroatoms. The summed E-state index contributed by atoms with van der Waals surface area (Å²) in [5.41, 5.74) is 7.42. The third-order valence-corrected chi connectivity index (χ3v) is 4.15. The number of nitrogen functional groups attached to an aromatic ring is 1. The molecular weight excluding hydrogens is 299 g/mol. The zero-order valence-electron chi connectivity index (χ0n) is 12.2.